The molecule has 1 amide bonds. The summed E-state index contributed by atoms with van der Waals surface area (Å²) < 4.78 is 20.5. The molecule has 0 spiro atoms. The van der Waals surface area contributed by atoms with Gasteiger partial charge in [-0.05, 0) is 55.4 Å². The fourth-order valence-electron chi connectivity index (χ4n) is 5.12. The Morgan fingerprint density at radius 1 is 1.02 bits per heavy atom. The number of carbonyl (C=O) groups excluding carboxylic acids is 1. The predicted molar refractivity (Wildman–Crippen MR) is 174 cm³/mol. The molecule has 6 rings (SSSR count). The Kier molecular flexibility index (Phi) is 8.03. The number of likely N-dealkylation sites (N-methyl/N-ethyl adjacent to an activating group) is 1. The van der Waals surface area contributed by atoms with Gasteiger partial charge in [-0.1, -0.05) is 32.9 Å². The number of hydrogen-bond donors (Lipinski definition) is 3. The molecule has 0 atom stereocenters. The number of aromatic amines is 2. The highest BCUT2D eigenvalue weighted by Gasteiger charge is 2.19. The number of nitrogens with zero attached hydrogens (tertiary/aromatic N) is 5. The van der Waals surface area contributed by atoms with E-state index in [9.17, 15) is 9.18 Å². The molecule has 230 valence electrons. The van der Waals surface area contributed by atoms with Crippen LogP contribution in [0.25, 0.3) is 55.8 Å². The van der Waals surface area contributed by atoms with Gasteiger partial charge in [-0.3, -0.25) is 19.9 Å². The Bertz CT molecular complexity index is 2010. The topological polar surface area (TPSA) is 125 Å². The number of para-hydroxylation sites is 1. The van der Waals surface area contributed by atoms with E-state index >= 15 is 0 Å². The maximum atomic E-state index is 14.7. The second kappa shape index (κ2) is 12.1. The van der Waals surface area contributed by atoms with E-state index in [0.717, 1.165) is 34.1 Å². The highest BCUT2D eigenvalue weighted by atomic mass is 19.1. The number of fused-ring (bicyclic) bond motifs is 2. The highest BCUT2D eigenvalue weighted by Crippen LogP contribution is 2.34. The summed E-state index contributed by atoms with van der Waals surface area (Å²) in [4.78, 5) is 31.7. The average molecular weight is 607 g/mol. The summed E-state index contributed by atoms with van der Waals surface area (Å²) in [6.07, 6.45) is 5.43. The van der Waals surface area contributed by atoms with Crippen LogP contribution in [0.5, 0.6) is 5.75 Å². The first-order chi connectivity index (χ1) is 21.5. The van der Waals surface area contributed by atoms with Gasteiger partial charge >= 0.3 is 0 Å². The van der Waals surface area contributed by atoms with Gasteiger partial charge < -0.3 is 19.9 Å². The lowest BCUT2D eigenvalue weighted by molar-refractivity contribution is -0.117. The van der Waals surface area contributed by atoms with Gasteiger partial charge in [0.1, 0.15) is 23.9 Å². The molecule has 0 radical (unpaired) electrons. The molecule has 0 unspecified atom stereocenters. The largest absolute Gasteiger partial charge is 0.492 e. The fourth-order valence-corrected chi connectivity index (χ4v) is 5.12. The normalized spacial score (nSPS) is 11.9. The SMILES string of the molecule is CN(C)CCOc1cc(F)cc(-c2cccc3[nH]c(-c4n[nH]c5cnc(-c6cncc(NC(=O)CC(C)(C)C)c6)cc45)nc23)c1. The van der Waals surface area contributed by atoms with Crippen molar-refractivity contribution in [2.75, 3.05) is 32.6 Å². The number of carbonyl (C=O) groups is 1. The van der Waals surface area contributed by atoms with Crippen molar-refractivity contribution in [2.24, 2.45) is 5.41 Å². The van der Waals surface area contributed by atoms with Crippen molar-refractivity contribution in [1.29, 1.82) is 0 Å². The second-order valence-corrected chi connectivity index (χ2v) is 12.5. The maximum Gasteiger partial charge on any atom is 0.224 e. The Morgan fingerprint density at radius 2 is 1.87 bits per heavy atom. The molecule has 0 saturated carbocycles. The number of anilines is 1. The molecule has 4 aromatic heterocycles. The number of hydrogen-bond acceptors (Lipinski definition) is 7. The van der Waals surface area contributed by atoms with Crippen LogP contribution in [0.15, 0.2) is 67.1 Å². The molecule has 2 aromatic carbocycles. The van der Waals surface area contributed by atoms with Crippen molar-refractivity contribution in [2.45, 2.75) is 27.2 Å². The van der Waals surface area contributed by atoms with Gasteiger partial charge in [0.05, 0.1) is 40.3 Å². The monoisotopic (exact) mass is 606 g/mol. The number of halogens is 1. The van der Waals surface area contributed by atoms with Crippen LogP contribution in [0.4, 0.5) is 10.1 Å². The molecule has 0 aliphatic rings. The quantitative estimate of drug-likeness (QED) is 0.168. The van der Waals surface area contributed by atoms with Crippen LogP contribution in [0.3, 0.4) is 0 Å². The van der Waals surface area contributed by atoms with Crippen molar-refractivity contribution < 1.29 is 13.9 Å². The van der Waals surface area contributed by atoms with Crippen molar-refractivity contribution in [1.82, 2.24) is 35.0 Å². The fraction of sp³-hybridized carbons (Fsp3) is 0.265. The number of pyridine rings is 2. The summed E-state index contributed by atoms with van der Waals surface area (Å²) in [6, 6.07) is 14.2. The molecule has 0 aliphatic heterocycles. The van der Waals surface area contributed by atoms with E-state index < -0.39 is 0 Å². The van der Waals surface area contributed by atoms with Crippen LogP contribution in [0.1, 0.15) is 27.2 Å². The van der Waals surface area contributed by atoms with E-state index in [4.69, 9.17) is 9.72 Å². The minimum absolute atomic E-state index is 0.0717. The average Bonchev–Trinajstić information content (AvgIpc) is 3.59. The predicted octanol–water partition coefficient (Wildman–Crippen LogP) is 6.68. The van der Waals surface area contributed by atoms with Crippen LogP contribution in [0.2, 0.25) is 0 Å². The van der Waals surface area contributed by atoms with E-state index in [2.05, 4.69) is 30.5 Å². The number of imidazole rings is 1. The first kappa shape index (κ1) is 29.9. The van der Waals surface area contributed by atoms with E-state index in [1.807, 2.05) is 76.2 Å². The third-order valence-corrected chi connectivity index (χ3v) is 7.18. The van der Waals surface area contributed by atoms with E-state index in [0.29, 0.717) is 52.8 Å². The summed E-state index contributed by atoms with van der Waals surface area (Å²) in [5.41, 5.74) is 6.15. The highest BCUT2D eigenvalue weighted by molar-refractivity contribution is 5.98. The first-order valence-corrected chi connectivity index (χ1v) is 14.7. The van der Waals surface area contributed by atoms with Gasteiger partial charge in [0, 0.05) is 41.7 Å². The molecule has 0 saturated heterocycles. The van der Waals surface area contributed by atoms with Crippen molar-refractivity contribution in [3.05, 3.63) is 72.9 Å². The molecule has 6 aromatic rings. The smallest absolute Gasteiger partial charge is 0.224 e. The Balaban J connectivity index is 1.33. The van der Waals surface area contributed by atoms with Crippen LogP contribution in [-0.4, -0.2) is 68.2 Å². The molecule has 45 heavy (non-hydrogen) atoms. The van der Waals surface area contributed by atoms with Crippen LogP contribution >= 0.6 is 0 Å². The summed E-state index contributed by atoms with van der Waals surface area (Å²) in [5, 5.41) is 11.3. The zero-order valence-corrected chi connectivity index (χ0v) is 25.9. The van der Waals surface area contributed by atoms with E-state index in [-0.39, 0.29) is 17.1 Å². The van der Waals surface area contributed by atoms with Gasteiger partial charge in [0.15, 0.2) is 5.82 Å². The standard InChI is InChI=1S/C34H35FN8O2/c1-34(2,3)16-30(44)38-23-12-21(17-36-18-23)28-15-26-29(19-37-28)41-42-32(26)33-39-27-8-6-7-25(31(27)40-33)20-11-22(35)14-24(13-20)45-10-9-43(4)5/h6-8,11-15,17-19H,9-10,16H2,1-5H3,(H,38,44)(H,39,40)(H,41,42). The third-order valence-electron chi connectivity index (χ3n) is 7.18. The van der Waals surface area contributed by atoms with Gasteiger partial charge in [-0.25, -0.2) is 9.37 Å². The first-order valence-electron chi connectivity index (χ1n) is 14.7. The number of rotatable bonds is 9. The summed E-state index contributed by atoms with van der Waals surface area (Å²) >= 11 is 0. The molecule has 4 heterocycles. The van der Waals surface area contributed by atoms with Gasteiger partial charge in [0.2, 0.25) is 5.91 Å². The molecule has 3 N–H and O–H groups in total. The number of ether oxygens (including phenoxy) is 1. The van der Waals surface area contributed by atoms with Crippen molar-refractivity contribution >= 4 is 33.5 Å². The molecule has 0 fully saturated rings. The third kappa shape index (κ3) is 6.83. The summed E-state index contributed by atoms with van der Waals surface area (Å²) in [7, 11) is 3.92. The molecule has 10 nitrogen and oxygen atoms in total. The Labute approximate surface area is 260 Å². The Hall–Kier alpha value is -5.16. The maximum absolute atomic E-state index is 14.7. The van der Waals surface area contributed by atoms with Crippen LogP contribution < -0.4 is 10.1 Å². The second-order valence-electron chi connectivity index (χ2n) is 12.5. The minimum atomic E-state index is -0.384. The lowest BCUT2D eigenvalue weighted by Crippen LogP contribution is -2.19. The molecule has 0 bridgehead atoms. The van der Waals surface area contributed by atoms with E-state index in [1.54, 1.807) is 18.6 Å². The van der Waals surface area contributed by atoms with Gasteiger partial charge in [-0.2, -0.15) is 5.10 Å². The van der Waals surface area contributed by atoms with Gasteiger partial charge in [0.25, 0.3) is 0 Å². The number of benzene rings is 2. The minimum Gasteiger partial charge on any atom is -0.492 e. The lowest BCUT2D eigenvalue weighted by atomic mass is 9.92. The summed E-state index contributed by atoms with van der Waals surface area (Å²) in [5.74, 6) is 0.564. The van der Waals surface area contributed by atoms with Crippen molar-refractivity contribution in [3.63, 3.8) is 0 Å². The number of nitrogens with one attached hydrogen (secondary N) is 3. The van der Waals surface area contributed by atoms with Crippen LogP contribution in [-0.2, 0) is 4.79 Å². The van der Waals surface area contributed by atoms with Crippen molar-refractivity contribution in [3.8, 4) is 39.7 Å². The molecule has 11 heteroatoms. The molecular formula is C34H35FN8O2. The summed E-state index contributed by atoms with van der Waals surface area (Å²) in [6.45, 7) is 7.22. The van der Waals surface area contributed by atoms with E-state index in [1.165, 1.54) is 12.1 Å². The number of H-pyrrole nitrogens is 2. The van der Waals surface area contributed by atoms with Gasteiger partial charge in [-0.15, -0.1) is 0 Å². The number of aromatic nitrogens is 6. The number of amides is 1. The molecular weight excluding hydrogens is 571 g/mol. The lowest BCUT2D eigenvalue weighted by Gasteiger charge is -2.17. The zero-order valence-electron chi connectivity index (χ0n) is 25.9. The Morgan fingerprint density at radius 3 is 2.67 bits per heavy atom. The molecule has 0 aliphatic carbocycles. The zero-order chi connectivity index (χ0) is 31.7. The van der Waals surface area contributed by atoms with Crippen LogP contribution in [0, 0.1) is 11.2 Å².